The van der Waals surface area contributed by atoms with Gasteiger partial charge < -0.3 is 9.64 Å². The molecule has 4 rings (SSSR count). The van der Waals surface area contributed by atoms with Crippen molar-refractivity contribution in [2.75, 3.05) is 13.1 Å². The zero-order valence-corrected chi connectivity index (χ0v) is 15.3. The standard InChI is InChI=1S/C19H19FN6O2/c1-2-15-17(20)18(22-12-21-15)28-14-8-9-25(11-14)19(27)16-10-23-26(24-16)13-6-4-3-5-7-13/h3-7,10,12,14H,2,8-9,11H2,1H3. The average Bonchev–Trinajstić information content (AvgIpc) is 3.40. The Morgan fingerprint density at radius 2 is 2.11 bits per heavy atom. The Morgan fingerprint density at radius 1 is 1.29 bits per heavy atom. The van der Waals surface area contributed by atoms with E-state index in [1.54, 1.807) is 4.90 Å². The lowest BCUT2D eigenvalue weighted by Gasteiger charge is -2.16. The summed E-state index contributed by atoms with van der Waals surface area (Å²) in [5.74, 6) is -0.840. The van der Waals surface area contributed by atoms with Gasteiger partial charge in [0.1, 0.15) is 12.4 Å². The fourth-order valence-corrected chi connectivity index (χ4v) is 3.09. The lowest BCUT2D eigenvalue weighted by Crippen LogP contribution is -2.31. The van der Waals surface area contributed by atoms with Crippen LogP contribution in [0.25, 0.3) is 5.69 Å². The normalized spacial score (nSPS) is 16.4. The van der Waals surface area contributed by atoms with Crippen LogP contribution < -0.4 is 4.74 Å². The van der Waals surface area contributed by atoms with E-state index in [9.17, 15) is 9.18 Å². The largest absolute Gasteiger partial charge is 0.470 e. The SMILES string of the molecule is CCc1ncnc(OC2CCN(C(=O)c3cnn(-c4ccccc4)n3)C2)c1F. The second kappa shape index (κ2) is 7.71. The number of nitrogens with zero attached hydrogens (tertiary/aromatic N) is 6. The molecular weight excluding hydrogens is 363 g/mol. The van der Waals surface area contributed by atoms with E-state index < -0.39 is 5.82 Å². The maximum absolute atomic E-state index is 14.3. The van der Waals surface area contributed by atoms with Gasteiger partial charge in [-0.1, -0.05) is 25.1 Å². The van der Waals surface area contributed by atoms with Crippen molar-refractivity contribution in [3.8, 4) is 11.6 Å². The highest BCUT2D eigenvalue weighted by atomic mass is 19.1. The second-order valence-corrected chi connectivity index (χ2v) is 6.43. The topological polar surface area (TPSA) is 86.0 Å². The quantitative estimate of drug-likeness (QED) is 0.671. The van der Waals surface area contributed by atoms with Crippen LogP contribution in [0.4, 0.5) is 4.39 Å². The zero-order chi connectivity index (χ0) is 19.5. The van der Waals surface area contributed by atoms with Crippen molar-refractivity contribution in [1.29, 1.82) is 0 Å². The van der Waals surface area contributed by atoms with Crippen molar-refractivity contribution in [2.24, 2.45) is 0 Å². The minimum absolute atomic E-state index is 0.0684. The fourth-order valence-electron chi connectivity index (χ4n) is 3.09. The molecule has 2 aromatic heterocycles. The Labute approximate surface area is 161 Å². The smallest absolute Gasteiger partial charge is 0.276 e. The highest BCUT2D eigenvalue weighted by molar-refractivity contribution is 5.92. The molecule has 3 aromatic rings. The van der Waals surface area contributed by atoms with E-state index in [-0.39, 0.29) is 23.6 Å². The molecule has 0 radical (unpaired) electrons. The number of para-hydroxylation sites is 1. The van der Waals surface area contributed by atoms with Gasteiger partial charge >= 0.3 is 0 Å². The van der Waals surface area contributed by atoms with Gasteiger partial charge in [0.05, 0.1) is 24.1 Å². The van der Waals surface area contributed by atoms with Gasteiger partial charge in [-0.3, -0.25) is 4.79 Å². The molecule has 1 aliphatic rings. The summed E-state index contributed by atoms with van der Waals surface area (Å²) < 4.78 is 19.9. The summed E-state index contributed by atoms with van der Waals surface area (Å²) in [5.41, 5.74) is 1.34. The number of carbonyl (C=O) groups is 1. The number of amides is 1. The number of rotatable bonds is 5. The average molecular weight is 382 g/mol. The van der Waals surface area contributed by atoms with Gasteiger partial charge in [0.15, 0.2) is 5.69 Å². The zero-order valence-electron chi connectivity index (χ0n) is 15.3. The first kappa shape index (κ1) is 18.0. The Morgan fingerprint density at radius 3 is 2.89 bits per heavy atom. The summed E-state index contributed by atoms with van der Waals surface area (Å²) in [7, 11) is 0. The van der Waals surface area contributed by atoms with Gasteiger partial charge in [0.25, 0.3) is 11.8 Å². The van der Waals surface area contributed by atoms with Crippen LogP contribution in [-0.4, -0.2) is 55.0 Å². The number of hydrogen-bond donors (Lipinski definition) is 0. The summed E-state index contributed by atoms with van der Waals surface area (Å²) in [6.45, 7) is 2.64. The van der Waals surface area contributed by atoms with Gasteiger partial charge in [0, 0.05) is 13.0 Å². The van der Waals surface area contributed by atoms with E-state index in [0.29, 0.717) is 31.6 Å². The van der Waals surface area contributed by atoms with Gasteiger partial charge in [0.2, 0.25) is 5.82 Å². The molecule has 1 saturated heterocycles. The summed E-state index contributed by atoms with van der Waals surface area (Å²) in [5, 5.41) is 8.42. The first-order valence-electron chi connectivity index (χ1n) is 9.08. The highest BCUT2D eigenvalue weighted by Crippen LogP contribution is 2.21. The summed E-state index contributed by atoms with van der Waals surface area (Å²) in [6, 6.07) is 9.36. The highest BCUT2D eigenvalue weighted by Gasteiger charge is 2.31. The fraction of sp³-hybridized carbons (Fsp3) is 0.316. The molecule has 0 saturated carbocycles. The molecule has 1 aliphatic heterocycles. The van der Waals surface area contributed by atoms with Gasteiger partial charge in [-0.25, -0.2) is 4.98 Å². The second-order valence-electron chi connectivity index (χ2n) is 6.43. The summed E-state index contributed by atoms with van der Waals surface area (Å²) >= 11 is 0. The molecule has 1 atom stereocenters. The third-order valence-corrected chi connectivity index (χ3v) is 4.57. The Kier molecular flexibility index (Phi) is 4.96. The minimum atomic E-state index is -0.541. The van der Waals surface area contributed by atoms with E-state index in [2.05, 4.69) is 20.2 Å². The molecule has 0 bridgehead atoms. The van der Waals surface area contributed by atoms with Crippen LogP contribution in [0.3, 0.4) is 0 Å². The Bertz CT molecular complexity index is 978. The lowest BCUT2D eigenvalue weighted by atomic mass is 10.3. The van der Waals surface area contributed by atoms with Crippen LogP contribution in [0.5, 0.6) is 5.88 Å². The number of likely N-dealkylation sites (tertiary alicyclic amines) is 1. The van der Waals surface area contributed by atoms with Crippen molar-refractivity contribution in [3.05, 3.63) is 60.1 Å². The molecular formula is C19H19FN6O2. The van der Waals surface area contributed by atoms with Crippen LogP contribution in [0.1, 0.15) is 29.5 Å². The molecule has 0 N–H and O–H groups in total. The van der Waals surface area contributed by atoms with E-state index in [1.807, 2.05) is 37.3 Å². The van der Waals surface area contributed by atoms with Crippen LogP contribution in [0.15, 0.2) is 42.9 Å². The van der Waals surface area contributed by atoms with Crippen LogP contribution in [0.2, 0.25) is 0 Å². The number of aryl methyl sites for hydroxylation is 1. The van der Waals surface area contributed by atoms with Crippen molar-refractivity contribution in [3.63, 3.8) is 0 Å². The third-order valence-electron chi connectivity index (χ3n) is 4.57. The molecule has 1 amide bonds. The molecule has 1 aromatic carbocycles. The van der Waals surface area contributed by atoms with E-state index >= 15 is 0 Å². The van der Waals surface area contributed by atoms with E-state index in [4.69, 9.17) is 4.74 Å². The van der Waals surface area contributed by atoms with Gasteiger partial charge in [-0.15, -0.1) is 5.10 Å². The molecule has 1 fully saturated rings. The van der Waals surface area contributed by atoms with E-state index in [0.717, 1.165) is 5.69 Å². The van der Waals surface area contributed by atoms with Crippen molar-refractivity contribution >= 4 is 5.91 Å². The maximum Gasteiger partial charge on any atom is 0.276 e. The molecule has 3 heterocycles. The predicted octanol–water partition coefficient (Wildman–Crippen LogP) is 2.05. The monoisotopic (exact) mass is 382 g/mol. The molecule has 0 spiro atoms. The number of ether oxygens (including phenoxy) is 1. The lowest BCUT2D eigenvalue weighted by molar-refractivity contribution is 0.0763. The van der Waals surface area contributed by atoms with Gasteiger partial charge in [-0.05, 0) is 18.6 Å². The number of halogens is 1. The number of aromatic nitrogens is 5. The van der Waals surface area contributed by atoms with Crippen molar-refractivity contribution in [2.45, 2.75) is 25.9 Å². The third kappa shape index (κ3) is 3.55. The molecule has 28 heavy (non-hydrogen) atoms. The molecule has 144 valence electrons. The number of hydrogen-bond acceptors (Lipinski definition) is 6. The van der Waals surface area contributed by atoms with Gasteiger partial charge in [-0.2, -0.15) is 19.3 Å². The first-order chi connectivity index (χ1) is 13.7. The Balaban J connectivity index is 1.42. The van der Waals surface area contributed by atoms with Crippen molar-refractivity contribution in [1.82, 2.24) is 29.9 Å². The summed E-state index contributed by atoms with van der Waals surface area (Å²) in [4.78, 5) is 23.5. The number of carbonyl (C=O) groups excluding carboxylic acids is 1. The maximum atomic E-state index is 14.3. The van der Waals surface area contributed by atoms with Crippen LogP contribution >= 0.6 is 0 Å². The van der Waals surface area contributed by atoms with Crippen molar-refractivity contribution < 1.29 is 13.9 Å². The van der Waals surface area contributed by atoms with Crippen LogP contribution in [-0.2, 0) is 6.42 Å². The molecule has 0 aliphatic carbocycles. The summed E-state index contributed by atoms with van der Waals surface area (Å²) in [6.07, 6.45) is 3.45. The Hall–Kier alpha value is -3.36. The number of benzene rings is 1. The van der Waals surface area contributed by atoms with E-state index in [1.165, 1.54) is 17.3 Å². The van der Waals surface area contributed by atoms with Crippen LogP contribution in [0, 0.1) is 5.82 Å². The first-order valence-corrected chi connectivity index (χ1v) is 9.08. The molecule has 9 heteroatoms. The molecule has 1 unspecified atom stereocenters. The predicted molar refractivity (Wildman–Crippen MR) is 97.7 cm³/mol. The molecule has 8 nitrogen and oxygen atoms in total. The minimum Gasteiger partial charge on any atom is -0.470 e.